The Kier molecular flexibility index (Phi) is 7.11. The number of nitrogens with zero attached hydrogens (tertiary/aromatic N) is 2. The number of phenolic OH excluding ortho intramolecular Hbond substituents is 1. The second kappa shape index (κ2) is 10.2. The number of aromatic hydroxyl groups is 1. The van der Waals surface area contributed by atoms with Crippen LogP contribution >= 0.6 is 0 Å². The highest BCUT2D eigenvalue weighted by atomic mass is 16.4. The lowest BCUT2D eigenvalue weighted by molar-refractivity contribution is -0.148. The van der Waals surface area contributed by atoms with Crippen molar-refractivity contribution in [2.45, 2.75) is 37.3 Å². The monoisotopic (exact) mass is 564 g/mol. The number of anilines is 2. The van der Waals surface area contributed by atoms with Crippen LogP contribution < -0.4 is 16.0 Å². The molecule has 11 heteroatoms. The molecule has 2 aromatic rings. The van der Waals surface area contributed by atoms with Crippen molar-refractivity contribution in [3.05, 3.63) is 75.8 Å². The number of rotatable bonds is 6. The molecule has 3 aliphatic rings. The van der Waals surface area contributed by atoms with Crippen LogP contribution in [0.4, 0.5) is 11.4 Å². The summed E-state index contributed by atoms with van der Waals surface area (Å²) in [5.41, 5.74) is 4.72. The van der Waals surface area contributed by atoms with Gasteiger partial charge in [-0.25, -0.2) is 0 Å². The molecule has 0 fully saturated rings. The van der Waals surface area contributed by atoms with Gasteiger partial charge in [-0.1, -0.05) is 30.3 Å². The maximum atomic E-state index is 14.1. The molecule has 0 spiro atoms. The third-order valence-electron chi connectivity index (χ3n) is 8.59. The molecule has 5 rings (SSSR count). The minimum Gasteiger partial charge on any atom is -0.510 e. The number of nitrogens with two attached hydrogens (primary N) is 1. The van der Waals surface area contributed by atoms with Crippen LogP contribution in [0.2, 0.25) is 0 Å². The zero-order valence-corrected chi connectivity index (χ0v) is 23.4. The maximum absolute atomic E-state index is 14.1. The largest absolute Gasteiger partial charge is 0.510 e. The predicted octanol–water partition coefficient (Wildman–Crippen LogP) is 1.59. The number of fused-ring (bicyclic) bond motifs is 3. The quantitative estimate of drug-likeness (QED) is 0.200. The van der Waals surface area contributed by atoms with Crippen molar-refractivity contribution in [1.29, 1.82) is 0 Å². The standard InChI is InChI=1S/C30H36N4O7/c1-33(2)19-12-18(32-13-14-8-6-5-7-9-14)24(35)21-16(19)10-15-11-17-23(34(3)4)26(37)22(29(31)40)28(39)30(17,41)27(38)20(15)25(21)36/h5-9,12,15,17,23,29,32,35,37-38,40-41H,10-11,13,31H2,1-4H3/t15-,17-,23?,29?,30-/m0/s1. The van der Waals surface area contributed by atoms with E-state index in [0.29, 0.717) is 23.5 Å². The molecule has 0 amide bonds. The molecule has 8 N–H and O–H groups in total. The highest BCUT2D eigenvalue weighted by Crippen LogP contribution is 2.54. The summed E-state index contributed by atoms with van der Waals surface area (Å²) in [7, 11) is 6.90. The smallest absolute Gasteiger partial charge is 0.205 e. The van der Waals surface area contributed by atoms with Gasteiger partial charge in [0.05, 0.1) is 22.9 Å². The van der Waals surface area contributed by atoms with Gasteiger partial charge in [0, 0.05) is 37.8 Å². The van der Waals surface area contributed by atoms with E-state index in [-0.39, 0.29) is 29.7 Å². The highest BCUT2D eigenvalue weighted by molar-refractivity contribution is 6.17. The summed E-state index contributed by atoms with van der Waals surface area (Å²) in [6.45, 7) is 0.382. The van der Waals surface area contributed by atoms with E-state index in [1.807, 2.05) is 49.3 Å². The zero-order chi connectivity index (χ0) is 30.0. The van der Waals surface area contributed by atoms with Crippen LogP contribution in [0.3, 0.4) is 0 Å². The van der Waals surface area contributed by atoms with E-state index in [1.165, 1.54) is 0 Å². The van der Waals surface area contributed by atoms with Gasteiger partial charge in [0.15, 0.2) is 11.4 Å². The van der Waals surface area contributed by atoms with Crippen molar-refractivity contribution in [3.63, 3.8) is 0 Å². The van der Waals surface area contributed by atoms with Crippen LogP contribution in [0, 0.1) is 11.8 Å². The molecule has 3 aliphatic carbocycles. The topological polar surface area (TPSA) is 180 Å². The van der Waals surface area contributed by atoms with Crippen LogP contribution in [-0.4, -0.2) is 88.1 Å². The lowest BCUT2D eigenvalue weighted by Gasteiger charge is -2.50. The molecule has 0 aromatic heterocycles. The molecule has 41 heavy (non-hydrogen) atoms. The first-order chi connectivity index (χ1) is 19.3. The molecule has 5 atom stereocenters. The summed E-state index contributed by atoms with van der Waals surface area (Å²) in [6.07, 6.45) is -1.62. The summed E-state index contributed by atoms with van der Waals surface area (Å²) in [5, 5.41) is 59.0. The maximum Gasteiger partial charge on any atom is 0.205 e. The number of hydrogen-bond donors (Lipinski definition) is 7. The molecular formula is C30H36N4O7. The van der Waals surface area contributed by atoms with Crippen molar-refractivity contribution in [1.82, 2.24) is 4.90 Å². The number of aliphatic hydroxyl groups is 4. The fraction of sp³-hybridized carbons (Fsp3) is 0.400. The first kappa shape index (κ1) is 28.6. The van der Waals surface area contributed by atoms with Gasteiger partial charge in [-0.3, -0.25) is 14.5 Å². The number of nitrogens with one attached hydrogen (secondary N) is 1. The third kappa shape index (κ3) is 4.27. The van der Waals surface area contributed by atoms with E-state index in [9.17, 15) is 35.1 Å². The van der Waals surface area contributed by atoms with E-state index in [1.54, 1.807) is 25.1 Å². The number of likely N-dealkylation sites (N-methyl/N-ethyl adjacent to an activating group) is 1. The molecule has 0 bridgehead atoms. The zero-order valence-electron chi connectivity index (χ0n) is 23.4. The van der Waals surface area contributed by atoms with E-state index in [2.05, 4.69) is 5.32 Å². The Morgan fingerprint density at radius 1 is 1.10 bits per heavy atom. The molecule has 2 unspecified atom stereocenters. The summed E-state index contributed by atoms with van der Waals surface area (Å²) < 4.78 is 0. The molecule has 0 saturated heterocycles. The van der Waals surface area contributed by atoms with Gasteiger partial charge in [0.1, 0.15) is 23.5 Å². The first-order valence-corrected chi connectivity index (χ1v) is 13.4. The third-order valence-corrected chi connectivity index (χ3v) is 8.59. The van der Waals surface area contributed by atoms with Gasteiger partial charge >= 0.3 is 0 Å². The van der Waals surface area contributed by atoms with Gasteiger partial charge in [0.25, 0.3) is 0 Å². The molecule has 0 aliphatic heterocycles. The van der Waals surface area contributed by atoms with Crippen LogP contribution in [0.1, 0.15) is 27.9 Å². The molecule has 0 heterocycles. The average Bonchev–Trinajstić information content (AvgIpc) is 2.90. The molecular weight excluding hydrogens is 528 g/mol. The SMILES string of the molecule is CN(C)c1cc(NCc2ccccc2)c(O)c2c1C[C@H]1C[C@H]3C(N(C)C)C(O)=C(C(N)O)C(=O)[C@@]3(O)C(O)=C1C2=O. The summed E-state index contributed by atoms with van der Waals surface area (Å²) in [4.78, 5) is 31.0. The Labute approximate surface area is 237 Å². The minimum absolute atomic E-state index is 0.0171. The fourth-order valence-electron chi connectivity index (χ4n) is 6.70. The average molecular weight is 565 g/mol. The van der Waals surface area contributed by atoms with Crippen LogP contribution in [0.25, 0.3) is 0 Å². The van der Waals surface area contributed by atoms with Gasteiger partial charge in [-0.15, -0.1) is 0 Å². The number of carbonyl (C=O) groups is 2. The van der Waals surface area contributed by atoms with E-state index in [0.717, 1.165) is 5.56 Å². The van der Waals surface area contributed by atoms with E-state index >= 15 is 0 Å². The summed E-state index contributed by atoms with van der Waals surface area (Å²) in [6, 6.07) is 10.3. The number of hydrogen-bond acceptors (Lipinski definition) is 11. The molecule has 0 saturated carbocycles. The second-order valence-electron chi connectivity index (χ2n) is 11.5. The van der Waals surface area contributed by atoms with Crippen molar-refractivity contribution < 1.29 is 35.1 Å². The van der Waals surface area contributed by atoms with Gasteiger partial charge in [-0.2, -0.15) is 0 Å². The van der Waals surface area contributed by atoms with Crippen molar-refractivity contribution in [3.8, 4) is 5.75 Å². The van der Waals surface area contributed by atoms with Crippen LogP contribution in [0.5, 0.6) is 5.75 Å². The van der Waals surface area contributed by atoms with E-state index in [4.69, 9.17) is 5.73 Å². The molecule has 11 nitrogen and oxygen atoms in total. The fourth-order valence-corrected chi connectivity index (χ4v) is 6.70. The Morgan fingerprint density at radius 2 is 1.76 bits per heavy atom. The van der Waals surface area contributed by atoms with Crippen molar-refractivity contribution in [2.75, 3.05) is 38.4 Å². The number of ketones is 2. The van der Waals surface area contributed by atoms with E-state index < -0.39 is 58.4 Å². The van der Waals surface area contributed by atoms with Crippen LogP contribution in [-0.2, 0) is 17.8 Å². The summed E-state index contributed by atoms with van der Waals surface area (Å²) >= 11 is 0. The van der Waals surface area contributed by atoms with Crippen molar-refractivity contribution >= 4 is 22.9 Å². The molecule has 218 valence electrons. The number of allylic oxidation sites excluding steroid dienone is 1. The molecule has 0 radical (unpaired) electrons. The normalized spacial score (nSPS) is 26.5. The lowest BCUT2D eigenvalue weighted by Crippen LogP contribution is -2.64. The summed E-state index contributed by atoms with van der Waals surface area (Å²) in [5.74, 6) is -5.14. The van der Waals surface area contributed by atoms with Gasteiger partial charge < -0.3 is 41.5 Å². The highest BCUT2D eigenvalue weighted by Gasteiger charge is 2.63. The number of benzene rings is 2. The Bertz CT molecular complexity index is 1480. The molecule has 2 aromatic carbocycles. The van der Waals surface area contributed by atoms with Gasteiger partial charge in [-0.05, 0) is 50.0 Å². The Hall–Kier alpha value is -3.90. The lowest BCUT2D eigenvalue weighted by atomic mass is 9.58. The predicted molar refractivity (Wildman–Crippen MR) is 153 cm³/mol. The Balaban J connectivity index is 1.66. The minimum atomic E-state index is -2.61. The second-order valence-corrected chi connectivity index (χ2v) is 11.5. The number of phenols is 1. The van der Waals surface area contributed by atoms with Crippen molar-refractivity contribution in [2.24, 2.45) is 17.6 Å². The van der Waals surface area contributed by atoms with Gasteiger partial charge in [0.2, 0.25) is 5.78 Å². The number of carbonyl (C=O) groups excluding carboxylic acids is 2. The number of aliphatic hydroxyl groups excluding tert-OH is 3. The Morgan fingerprint density at radius 3 is 2.34 bits per heavy atom. The van der Waals surface area contributed by atoms with Crippen LogP contribution in [0.15, 0.2) is 59.1 Å². The first-order valence-electron chi connectivity index (χ1n) is 13.4. The number of Topliss-reactive ketones (excluding diaryl/α,β-unsaturated/α-hetero) is 2.